The maximum atomic E-state index is 13.3. The van der Waals surface area contributed by atoms with Gasteiger partial charge in [-0.15, -0.1) is 0 Å². The standard InChI is InChI=1S/C18H16ClFN2O7/c1-3-28-17-12(19)6-10(7-15(17)27-2)18(24)29-9-16(23)21-11-4-5-13(20)14(8-11)22(25)26/h4-8H,3,9H2,1-2H3,(H,21,23). The summed E-state index contributed by atoms with van der Waals surface area (Å²) < 4.78 is 28.7. The van der Waals surface area contributed by atoms with Gasteiger partial charge in [0.2, 0.25) is 5.82 Å². The lowest BCUT2D eigenvalue weighted by Crippen LogP contribution is -2.21. The van der Waals surface area contributed by atoms with Crippen LogP contribution in [0.25, 0.3) is 0 Å². The third kappa shape index (κ3) is 5.55. The summed E-state index contributed by atoms with van der Waals surface area (Å²) in [5, 5.41) is 13.1. The number of nitro benzene ring substituents is 1. The molecule has 29 heavy (non-hydrogen) atoms. The van der Waals surface area contributed by atoms with Crippen molar-refractivity contribution >= 4 is 34.9 Å². The molecule has 0 spiro atoms. The number of benzene rings is 2. The Balaban J connectivity index is 2.04. The average Bonchev–Trinajstić information content (AvgIpc) is 2.68. The van der Waals surface area contributed by atoms with Crippen LogP contribution in [0.1, 0.15) is 17.3 Å². The first-order valence-electron chi connectivity index (χ1n) is 8.18. The van der Waals surface area contributed by atoms with E-state index in [1.54, 1.807) is 6.92 Å². The van der Waals surface area contributed by atoms with Gasteiger partial charge in [0.05, 0.1) is 29.2 Å². The summed E-state index contributed by atoms with van der Waals surface area (Å²) in [6.07, 6.45) is 0. The molecule has 1 N–H and O–H groups in total. The Labute approximate surface area is 169 Å². The minimum Gasteiger partial charge on any atom is -0.493 e. The number of methoxy groups -OCH3 is 1. The molecule has 0 aliphatic rings. The van der Waals surface area contributed by atoms with Gasteiger partial charge in [-0.2, -0.15) is 4.39 Å². The van der Waals surface area contributed by atoms with Crippen molar-refractivity contribution in [3.63, 3.8) is 0 Å². The number of hydrogen-bond donors (Lipinski definition) is 1. The first kappa shape index (κ1) is 21.9. The summed E-state index contributed by atoms with van der Waals surface area (Å²) in [5.41, 5.74) is -0.790. The molecule has 154 valence electrons. The van der Waals surface area contributed by atoms with Gasteiger partial charge >= 0.3 is 11.7 Å². The zero-order valence-electron chi connectivity index (χ0n) is 15.4. The molecule has 0 bridgehead atoms. The SMILES string of the molecule is CCOc1c(Cl)cc(C(=O)OCC(=O)Nc2ccc(F)c([N+](=O)[O-])c2)cc1OC. The van der Waals surface area contributed by atoms with Crippen LogP contribution in [0.15, 0.2) is 30.3 Å². The van der Waals surface area contributed by atoms with E-state index in [0.717, 1.165) is 18.2 Å². The Morgan fingerprint density at radius 3 is 2.62 bits per heavy atom. The summed E-state index contributed by atoms with van der Waals surface area (Å²) >= 11 is 6.08. The minimum atomic E-state index is -1.04. The lowest BCUT2D eigenvalue weighted by atomic mass is 10.2. The third-order valence-electron chi connectivity index (χ3n) is 3.51. The Kier molecular flexibility index (Phi) is 7.32. The van der Waals surface area contributed by atoms with E-state index < -0.39 is 34.9 Å². The fourth-order valence-electron chi connectivity index (χ4n) is 2.26. The predicted molar refractivity (Wildman–Crippen MR) is 101 cm³/mol. The van der Waals surface area contributed by atoms with Crippen molar-refractivity contribution in [3.05, 3.63) is 56.8 Å². The Morgan fingerprint density at radius 2 is 2.00 bits per heavy atom. The number of ether oxygens (including phenoxy) is 3. The molecule has 0 fully saturated rings. The maximum absolute atomic E-state index is 13.3. The van der Waals surface area contributed by atoms with Gasteiger partial charge < -0.3 is 19.5 Å². The van der Waals surface area contributed by atoms with Gasteiger partial charge in [-0.1, -0.05) is 11.6 Å². The fraction of sp³-hybridized carbons (Fsp3) is 0.222. The fourth-order valence-corrected chi connectivity index (χ4v) is 2.53. The molecular weight excluding hydrogens is 411 g/mol. The second-order valence-corrected chi connectivity index (χ2v) is 5.88. The van der Waals surface area contributed by atoms with Gasteiger partial charge in [-0.25, -0.2) is 4.79 Å². The number of rotatable bonds is 8. The minimum absolute atomic E-state index is 0.0232. The van der Waals surface area contributed by atoms with Gasteiger partial charge in [0.15, 0.2) is 18.1 Å². The Bertz CT molecular complexity index is 952. The summed E-state index contributed by atoms with van der Waals surface area (Å²) in [6.45, 7) is 1.41. The molecule has 0 aliphatic carbocycles. The lowest BCUT2D eigenvalue weighted by Gasteiger charge is -2.13. The first-order chi connectivity index (χ1) is 13.8. The lowest BCUT2D eigenvalue weighted by molar-refractivity contribution is -0.387. The van der Waals surface area contributed by atoms with Crippen LogP contribution in [-0.2, 0) is 9.53 Å². The highest BCUT2D eigenvalue weighted by Gasteiger charge is 2.19. The molecule has 2 rings (SSSR count). The monoisotopic (exact) mass is 426 g/mol. The van der Waals surface area contributed by atoms with Crippen LogP contribution in [-0.4, -0.2) is 37.1 Å². The number of carbonyl (C=O) groups excluding carboxylic acids is 2. The van der Waals surface area contributed by atoms with Crippen molar-refractivity contribution in [2.24, 2.45) is 0 Å². The second-order valence-electron chi connectivity index (χ2n) is 5.47. The van der Waals surface area contributed by atoms with Crippen molar-refractivity contribution in [2.75, 3.05) is 25.6 Å². The number of nitrogens with one attached hydrogen (secondary N) is 1. The van der Waals surface area contributed by atoms with Crippen LogP contribution in [0.5, 0.6) is 11.5 Å². The van der Waals surface area contributed by atoms with Crippen LogP contribution in [0.2, 0.25) is 5.02 Å². The molecule has 0 aliphatic heterocycles. The van der Waals surface area contributed by atoms with Crippen LogP contribution in [0.4, 0.5) is 15.8 Å². The molecule has 0 saturated heterocycles. The largest absolute Gasteiger partial charge is 0.493 e. The highest BCUT2D eigenvalue weighted by Crippen LogP contribution is 2.36. The number of halogens is 2. The van der Waals surface area contributed by atoms with Crippen molar-refractivity contribution < 1.29 is 33.1 Å². The van der Waals surface area contributed by atoms with Crippen LogP contribution < -0.4 is 14.8 Å². The molecular formula is C18H16ClFN2O7. The number of hydrogen-bond acceptors (Lipinski definition) is 7. The highest BCUT2D eigenvalue weighted by atomic mass is 35.5. The number of nitro groups is 1. The van der Waals surface area contributed by atoms with Gasteiger partial charge in [0.25, 0.3) is 5.91 Å². The summed E-state index contributed by atoms with van der Waals surface area (Å²) in [7, 11) is 1.37. The number of carbonyl (C=O) groups is 2. The first-order valence-corrected chi connectivity index (χ1v) is 8.55. The molecule has 0 heterocycles. The second kappa shape index (κ2) is 9.69. The Hall–Kier alpha value is -3.40. The number of amides is 1. The molecule has 0 aromatic heterocycles. The van der Waals surface area contributed by atoms with E-state index in [0.29, 0.717) is 6.61 Å². The maximum Gasteiger partial charge on any atom is 0.338 e. The summed E-state index contributed by atoms with van der Waals surface area (Å²) in [6, 6.07) is 5.48. The summed E-state index contributed by atoms with van der Waals surface area (Å²) in [5.74, 6) is -2.18. The molecule has 9 nitrogen and oxygen atoms in total. The average molecular weight is 427 g/mol. The molecule has 0 atom stereocenters. The van der Waals surface area contributed by atoms with Gasteiger partial charge in [0.1, 0.15) is 0 Å². The number of anilines is 1. The van der Waals surface area contributed by atoms with Gasteiger partial charge in [-0.05, 0) is 31.2 Å². The van der Waals surface area contributed by atoms with E-state index in [1.165, 1.54) is 19.2 Å². The van der Waals surface area contributed by atoms with Crippen LogP contribution >= 0.6 is 11.6 Å². The zero-order chi connectivity index (χ0) is 21.6. The number of nitrogens with zero attached hydrogens (tertiary/aromatic N) is 1. The number of esters is 1. The predicted octanol–water partition coefficient (Wildman–Crippen LogP) is 3.59. The molecule has 0 saturated carbocycles. The van der Waals surface area contributed by atoms with Crippen molar-refractivity contribution in [1.82, 2.24) is 0 Å². The molecule has 0 radical (unpaired) electrons. The van der Waals surface area contributed by atoms with Crippen molar-refractivity contribution in [1.29, 1.82) is 0 Å². The van der Waals surface area contributed by atoms with Gasteiger partial charge in [-0.3, -0.25) is 14.9 Å². The van der Waals surface area contributed by atoms with E-state index in [-0.39, 0.29) is 27.8 Å². The smallest absolute Gasteiger partial charge is 0.338 e. The van der Waals surface area contributed by atoms with Gasteiger partial charge in [0, 0.05) is 11.8 Å². The normalized spacial score (nSPS) is 10.2. The Morgan fingerprint density at radius 1 is 1.28 bits per heavy atom. The van der Waals surface area contributed by atoms with Crippen LogP contribution in [0.3, 0.4) is 0 Å². The van der Waals surface area contributed by atoms with E-state index in [4.69, 9.17) is 25.8 Å². The molecule has 0 unspecified atom stereocenters. The van der Waals surface area contributed by atoms with E-state index in [2.05, 4.69) is 5.32 Å². The molecule has 2 aromatic carbocycles. The zero-order valence-corrected chi connectivity index (χ0v) is 16.1. The molecule has 1 amide bonds. The molecule has 11 heteroatoms. The van der Waals surface area contributed by atoms with Crippen LogP contribution in [0, 0.1) is 15.9 Å². The third-order valence-corrected chi connectivity index (χ3v) is 3.80. The molecule has 2 aromatic rings. The quantitative estimate of drug-likeness (QED) is 0.389. The van der Waals surface area contributed by atoms with E-state index >= 15 is 0 Å². The van der Waals surface area contributed by atoms with E-state index in [9.17, 15) is 24.1 Å². The van der Waals surface area contributed by atoms with Crippen molar-refractivity contribution in [3.8, 4) is 11.5 Å². The van der Waals surface area contributed by atoms with Crippen molar-refractivity contribution in [2.45, 2.75) is 6.92 Å². The topological polar surface area (TPSA) is 117 Å². The highest BCUT2D eigenvalue weighted by molar-refractivity contribution is 6.32. The summed E-state index contributed by atoms with van der Waals surface area (Å²) in [4.78, 5) is 33.9. The van der Waals surface area contributed by atoms with E-state index in [1.807, 2.05) is 0 Å².